The van der Waals surface area contributed by atoms with Crippen LogP contribution in [0, 0.1) is 0 Å². The first kappa shape index (κ1) is 43.7. The first-order chi connectivity index (χ1) is 37.9. The highest BCUT2D eigenvalue weighted by Gasteiger charge is 2.49. The average molecular weight is 982 g/mol. The molecule has 0 atom stereocenters. The van der Waals surface area contributed by atoms with Crippen molar-refractivity contribution in [3.05, 3.63) is 294 Å². The third kappa shape index (κ3) is 6.26. The van der Waals surface area contributed by atoms with Gasteiger partial charge in [-0.2, -0.15) is 0 Å². The molecule has 362 valence electrons. The fraction of sp³-hybridized carbons (Fsp3) is 0.0541. The lowest BCUT2D eigenvalue weighted by Gasteiger charge is -2.35. The highest BCUT2D eigenvalue weighted by atomic mass is 15.2. The maximum atomic E-state index is 4.09. The van der Waals surface area contributed by atoms with E-state index in [-0.39, 0.29) is 5.41 Å². The smallest absolute Gasteiger partial charge is 0.0716 e. The SMILES string of the molecule is CC1(C)c2ccccc2-c2ccc(-c3ccc(N(c4ccc(-c5ccc6ccccc6c5)cc4)c4cc5c(c6c4[nH]c4ccccc46)-c4c(ccc6c4[nH]c4ccccc46)C5(c4ccccc4)c4ccccc4)cc3)cc21. The predicted molar refractivity (Wildman–Crippen MR) is 323 cm³/mol. The Morgan fingerprint density at radius 3 is 1.60 bits per heavy atom. The molecule has 3 heteroatoms. The molecule has 2 heterocycles. The fourth-order valence-corrected chi connectivity index (χ4v) is 13.8. The quantitative estimate of drug-likeness (QED) is 0.164. The van der Waals surface area contributed by atoms with Gasteiger partial charge in [-0.3, -0.25) is 0 Å². The summed E-state index contributed by atoms with van der Waals surface area (Å²) in [5.41, 5.74) is 24.6. The second kappa shape index (κ2) is 16.4. The number of nitrogens with one attached hydrogen (secondary N) is 2. The van der Waals surface area contributed by atoms with Gasteiger partial charge in [-0.05, 0) is 138 Å². The fourth-order valence-electron chi connectivity index (χ4n) is 13.8. The molecule has 0 bridgehead atoms. The Balaban J connectivity index is 0.972. The Morgan fingerprint density at radius 2 is 0.883 bits per heavy atom. The zero-order valence-electron chi connectivity index (χ0n) is 42.8. The lowest BCUT2D eigenvalue weighted by Crippen LogP contribution is -2.28. The van der Waals surface area contributed by atoms with E-state index in [1.54, 1.807) is 0 Å². The maximum absolute atomic E-state index is 4.09. The van der Waals surface area contributed by atoms with Crippen molar-refractivity contribution >= 4 is 71.4 Å². The van der Waals surface area contributed by atoms with Crippen LogP contribution < -0.4 is 4.90 Å². The van der Waals surface area contributed by atoms with Crippen molar-refractivity contribution in [2.24, 2.45) is 0 Å². The Bertz CT molecular complexity index is 4650. The Kier molecular flexibility index (Phi) is 9.30. The first-order valence-corrected chi connectivity index (χ1v) is 26.9. The predicted octanol–water partition coefficient (Wildman–Crippen LogP) is 19.6. The van der Waals surface area contributed by atoms with E-state index in [2.05, 4.69) is 290 Å². The molecule has 14 aromatic rings. The molecule has 77 heavy (non-hydrogen) atoms. The first-order valence-electron chi connectivity index (χ1n) is 26.9. The summed E-state index contributed by atoms with van der Waals surface area (Å²) >= 11 is 0. The van der Waals surface area contributed by atoms with Gasteiger partial charge in [0.05, 0.1) is 22.1 Å². The third-order valence-electron chi connectivity index (χ3n) is 17.4. The van der Waals surface area contributed by atoms with Gasteiger partial charge >= 0.3 is 0 Å². The molecular formula is C74H51N3. The van der Waals surface area contributed by atoms with Gasteiger partial charge in [0.1, 0.15) is 0 Å². The number of aromatic nitrogens is 2. The molecule has 0 radical (unpaired) electrons. The van der Waals surface area contributed by atoms with Gasteiger partial charge in [0.25, 0.3) is 0 Å². The maximum Gasteiger partial charge on any atom is 0.0716 e. The molecule has 3 nitrogen and oxygen atoms in total. The molecule has 2 N–H and O–H groups in total. The van der Waals surface area contributed by atoms with Crippen LogP contribution in [0.5, 0.6) is 0 Å². The number of benzene rings is 12. The Labute approximate surface area is 447 Å². The minimum atomic E-state index is -0.684. The van der Waals surface area contributed by atoms with Crippen molar-refractivity contribution in [3.63, 3.8) is 0 Å². The van der Waals surface area contributed by atoms with Crippen molar-refractivity contribution in [3.8, 4) is 44.5 Å². The molecule has 2 aliphatic carbocycles. The van der Waals surface area contributed by atoms with E-state index in [1.807, 2.05) is 0 Å². The molecule has 0 amide bonds. The van der Waals surface area contributed by atoms with Gasteiger partial charge < -0.3 is 14.9 Å². The summed E-state index contributed by atoms with van der Waals surface area (Å²) < 4.78 is 0. The average Bonchev–Trinajstić information content (AvgIpc) is 4.22. The lowest BCUT2D eigenvalue weighted by atomic mass is 9.67. The van der Waals surface area contributed by atoms with E-state index in [4.69, 9.17) is 0 Å². The van der Waals surface area contributed by atoms with Crippen molar-refractivity contribution < 1.29 is 0 Å². The Hall–Kier alpha value is -9.70. The zero-order valence-corrected chi connectivity index (χ0v) is 42.8. The molecule has 2 aliphatic rings. The summed E-state index contributed by atoms with van der Waals surface area (Å²) in [7, 11) is 0. The van der Waals surface area contributed by atoms with E-state index in [0.29, 0.717) is 0 Å². The number of H-pyrrole nitrogens is 2. The third-order valence-corrected chi connectivity index (χ3v) is 17.4. The summed E-state index contributed by atoms with van der Waals surface area (Å²) in [6, 6.07) is 97.3. The van der Waals surface area contributed by atoms with E-state index in [9.17, 15) is 0 Å². The zero-order chi connectivity index (χ0) is 51.0. The monoisotopic (exact) mass is 981 g/mol. The van der Waals surface area contributed by atoms with Crippen LogP contribution in [0.4, 0.5) is 17.1 Å². The van der Waals surface area contributed by atoms with Gasteiger partial charge in [-0.1, -0.05) is 220 Å². The second-order valence-corrected chi connectivity index (χ2v) is 21.7. The van der Waals surface area contributed by atoms with Gasteiger partial charge in [0.15, 0.2) is 0 Å². The van der Waals surface area contributed by atoms with Crippen LogP contribution in [-0.2, 0) is 10.8 Å². The van der Waals surface area contributed by atoms with Crippen molar-refractivity contribution in [2.75, 3.05) is 4.90 Å². The topological polar surface area (TPSA) is 34.8 Å². The van der Waals surface area contributed by atoms with Gasteiger partial charge in [0, 0.05) is 54.9 Å². The van der Waals surface area contributed by atoms with E-state index in [0.717, 1.165) is 39.1 Å². The molecule has 0 spiro atoms. The largest absolute Gasteiger partial charge is 0.354 e. The summed E-state index contributed by atoms with van der Waals surface area (Å²) in [4.78, 5) is 10.6. The molecule has 0 saturated carbocycles. The molecule has 0 unspecified atom stereocenters. The summed E-state index contributed by atoms with van der Waals surface area (Å²) in [6.45, 7) is 4.72. The van der Waals surface area contributed by atoms with Crippen molar-refractivity contribution in [1.29, 1.82) is 0 Å². The summed E-state index contributed by atoms with van der Waals surface area (Å²) in [5, 5.41) is 7.34. The molecule has 0 fully saturated rings. The van der Waals surface area contributed by atoms with Crippen molar-refractivity contribution in [1.82, 2.24) is 9.97 Å². The van der Waals surface area contributed by atoms with Crippen LogP contribution in [0.3, 0.4) is 0 Å². The molecule has 2 aromatic heterocycles. The highest BCUT2D eigenvalue weighted by Crippen LogP contribution is 2.62. The number of para-hydroxylation sites is 2. The van der Waals surface area contributed by atoms with Crippen LogP contribution in [0.15, 0.2) is 261 Å². The number of rotatable bonds is 7. The van der Waals surface area contributed by atoms with Gasteiger partial charge in [-0.25, -0.2) is 0 Å². The van der Waals surface area contributed by atoms with Crippen molar-refractivity contribution in [2.45, 2.75) is 24.7 Å². The molecule has 12 aromatic carbocycles. The molecule has 0 aliphatic heterocycles. The van der Waals surface area contributed by atoms with Crippen LogP contribution in [0.2, 0.25) is 0 Å². The van der Waals surface area contributed by atoms with Crippen LogP contribution in [0.25, 0.3) is 98.9 Å². The summed E-state index contributed by atoms with van der Waals surface area (Å²) in [6.07, 6.45) is 0. The van der Waals surface area contributed by atoms with E-state index >= 15 is 0 Å². The van der Waals surface area contributed by atoms with E-state index in [1.165, 1.54) is 110 Å². The molecule has 0 saturated heterocycles. The Morgan fingerprint density at radius 1 is 0.338 bits per heavy atom. The number of hydrogen-bond donors (Lipinski definition) is 2. The number of anilines is 3. The normalized spacial score (nSPS) is 13.8. The van der Waals surface area contributed by atoms with Crippen LogP contribution in [-0.4, -0.2) is 9.97 Å². The second-order valence-electron chi connectivity index (χ2n) is 21.7. The number of aromatic amines is 2. The lowest BCUT2D eigenvalue weighted by molar-refractivity contribution is 0.660. The minimum Gasteiger partial charge on any atom is -0.354 e. The summed E-state index contributed by atoms with van der Waals surface area (Å²) in [5.74, 6) is 0. The van der Waals surface area contributed by atoms with Gasteiger partial charge in [0.2, 0.25) is 0 Å². The van der Waals surface area contributed by atoms with E-state index < -0.39 is 5.41 Å². The van der Waals surface area contributed by atoms with Crippen LogP contribution >= 0.6 is 0 Å². The van der Waals surface area contributed by atoms with Gasteiger partial charge in [-0.15, -0.1) is 0 Å². The molecule has 16 rings (SSSR count). The molecular weight excluding hydrogens is 931 g/mol. The number of fused-ring (bicyclic) bond motifs is 15. The van der Waals surface area contributed by atoms with Crippen LogP contribution in [0.1, 0.15) is 47.2 Å². The highest BCUT2D eigenvalue weighted by molar-refractivity contribution is 6.25. The number of nitrogens with zero attached hydrogens (tertiary/aromatic N) is 1. The standard InChI is InChI=1S/C74H51N3/c1-73(2)61-26-14-11-23-56(61)57-40-35-51(44-63(57)73)48-33-38-55(39-34-48)77(54-36-31-47(32-37-54)50-30-29-46-17-9-10-18-49(46)43-50)67-45-64-69(68-60-25-13-16-28-66(60)76-72(67)68)70-62(42-41-59-58-24-12-15-27-65(58)75-71(59)70)74(64,52-19-5-3-6-20-52)53-21-7-4-8-22-53/h3-45,75-76H,1-2H3. The number of hydrogen-bond acceptors (Lipinski definition) is 1. The minimum absolute atomic E-state index is 0.0925.